The van der Waals surface area contributed by atoms with Gasteiger partial charge in [0.05, 0.1) is 19.2 Å². The second-order valence-electron chi connectivity index (χ2n) is 18.0. The van der Waals surface area contributed by atoms with Crippen molar-refractivity contribution in [1.82, 2.24) is 37.2 Å². The number of ketones is 1. The fourth-order valence-corrected chi connectivity index (χ4v) is 8.74. The van der Waals surface area contributed by atoms with Crippen molar-refractivity contribution in [2.24, 2.45) is 17.6 Å². The number of rotatable bonds is 26. The molecule has 0 saturated carbocycles. The highest BCUT2D eigenvalue weighted by Crippen LogP contribution is 2.28. The van der Waals surface area contributed by atoms with Crippen molar-refractivity contribution in [3.63, 3.8) is 0 Å². The Morgan fingerprint density at radius 2 is 1.35 bits per heavy atom. The highest BCUT2D eigenvalue weighted by molar-refractivity contribution is 8.02. The van der Waals surface area contributed by atoms with Crippen molar-refractivity contribution in [2.45, 2.75) is 192 Å². The third kappa shape index (κ3) is 22.5. The molecule has 2 heterocycles. The lowest BCUT2D eigenvalue weighted by Gasteiger charge is -2.36. The Morgan fingerprint density at radius 3 is 1.92 bits per heavy atom. The van der Waals surface area contributed by atoms with Gasteiger partial charge in [-0.3, -0.25) is 43.2 Å². The van der Waals surface area contributed by atoms with Gasteiger partial charge in [0.15, 0.2) is 5.78 Å². The molecule has 368 valence electrons. The number of carbonyl (C=O) groups excluding carboxylic acids is 9. The Kier molecular flexibility index (Phi) is 27.4. The van der Waals surface area contributed by atoms with Gasteiger partial charge in [-0.05, 0) is 43.9 Å². The number of aliphatic hydroxyl groups is 1. The van der Waals surface area contributed by atoms with E-state index >= 15 is 0 Å². The average Bonchev–Trinajstić information content (AvgIpc) is 3.26. The molecule has 19 heteroatoms. The van der Waals surface area contributed by atoms with Crippen molar-refractivity contribution in [2.75, 3.05) is 18.9 Å². The number of hydrogen-bond acceptors (Lipinski definition) is 11. The summed E-state index contributed by atoms with van der Waals surface area (Å²) >= 11 is 0.943. The monoisotopic (exact) mass is 935 g/mol. The molecule has 1 fully saturated rings. The molecule has 2 aliphatic rings. The summed E-state index contributed by atoms with van der Waals surface area (Å²) in [4.78, 5) is 121. The number of hydrogen-bond donors (Lipinski definition) is 9. The topological polar surface area (TPSA) is 284 Å². The minimum atomic E-state index is -2.06. The fraction of sp³-hybridized carbons (Fsp3) is 0.761. The number of thioether (sulfide) groups is 1. The molecule has 2 aliphatic heterocycles. The Hall–Kier alpha value is -4.52. The molecular weight excluding hydrogens is 857 g/mol. The predicted molar refractivity (Wildman–Crippen MR) is 249 cm³/mol. The Morgan fingerprint density at radius 1 is 0.769 bits per heavy atom. The first-order valence-electron chi connectivity index (χ1n) is 23.8. The number of nitrogens with two attached hydrogens (primary N) is 1. The fourth-order valence-electron chi connectivity index (χ4n) is 7.88. The standard InChI is InChI=1S/C46H78N8O10S/c1-5-6-7-8-9-10-11-12-13-14-15-16-17-18-19-20-39(58)50-32(4)37(56)26-33-27-46(54-40(59)28-49-42(61)35(25-31(2)3)51-41(33)60)30-65-24-23-48-43(62)36(29-55)52-44(63)34(53-45(46)64)21-22-38(47)57/h23-24,31-36,55H,5-22,25-30H2,1-4H3,(H2,47,57)(H,48,62)(H,49,61)(H,50,58)(H,51,60)(H,52,63)(H,53,64)(H,54,59)/b24-23-. The summed E-state index contributed by atoms with van der Waals surface area (Å²) in [5, 5.41) is 29.2. The average molecular weight is 935 g/mol. The molecule has 6 atom stereocenters. The van der Waals surface area contributed by atoms with Crippen LogP contribution in [-0.2, 0) is 43.2 Å². The van der Waals surface area contributed by atoms with Crippen LogP contribution < -0.4 is 43.0 Å². The molecule has 0 aliphatic carbocycles. The van der Waals surface area contributed by atoms with Crippen LogP contribution in [0.5, 0.6) is 0 Å². The lowest BCUT2D eigenvalue weighted by atomic mass is 9.83. The molecule has 2 rings (SSSR count). The molecule has 10 N–H and O–H groups in total. The van der Waals surface area contributed by atoms with E-state index in [1.54, 1.807) is 0 Å². The van der Waals surface area contributed by atoms with E-state index in [1.807, 2.05) is 13.8 Å². The molecule has 8 amide bonds. The van der Waals surface area contributed by atoms with E-state index in [1.165, 1.54) is 89.2 Å². The smallest absolute Gasteiger partial charge is 0.248 e. The van der Waals surface area contributed by atoms with Gasteiger partial charge < -0.3 is 48.1 Å². The van der Waals surface area contributed by atoms with Crippen LogP contribution in [0.25, 0.3) is 0 Å². The maximum absolute atomic E-state index is 14.6. The quantitative estimate of drug-likeness (QED) is 0.0569. The number of carbonyl (C=O) groups is 9. The molecule has 65 heavy (non-hydrogen) atoms. The molecule has 1 spiro atoms. The molecule has 0 aromatic rings. The minimum absolute atomic E-state index is 0.0741. The van der Waals surface area contributed by atoms with Gasteiger partial charge >= 0.3 is 0 Å². The van der Waals surface area contributed by atoms with Crippen LogP contribution in [-0.4, -0.2) is 107 Å². The van der Waals surface area contributed by atoms with E-state index < -0.39 is 109 Å². The number of amides is 8. The highest BCUT2D eigenvalue weighted by atomic mass is 32.2. The summed E-state index contributed by atoms with van der Waals surface area (Å²) in [5.41, 5.74) is 3.31. The van der Waals surface area contributed by atoms with Gasteiger partial charge in [-0.25, -0.2) is 0 Å². The van der Waals surface area contributed by atoms with Crippen LogP contribution in [0.15, 0.2) is 11.6 Å². The van der Waals surface area contributed by atoms with Crippen LogP contribution in [0, 0.1) is 11.8 Å². The van der Waals surface area contributed by atoms with Gasteiger partial charge in [-0.15, -0.1) is 11.8 Å². The Labute approximate surface area is 389 Å². The number of unbranched alkanes of at least 4 members (excludes halogenated alkanes) is 14. The minimum Gasteiger partial charge on any atom is -0.394 e. The van der Waals surface area contributed by atoms with Crippen LogP contribution in [0.3, 0.4) is 0 Å². The van der Waals surface area contributed by atoms with Crippen LogP contribution in [0.1, 0.15) is 163 Å². The summed E-state index contributed by atoms with van der Waals surface area (Å²) in [7, 11) is 0. The molecule has 1 saturated heterocycles. The van der Waals surface area contributed by atoms with Crippen molar-refractivity contribution >= 4 is 64.8 Å². The highest BCUT2D eigenvalue weighted by Gasteiger charge is 2.46. The third-order valence-electron chi connectivity index (χ3n) is 11.7. The molecular formula is C46H78N8O10S. The maximum atomic E-state index is 14.6. The van der Waals surface area contributed by atoms with Crippen LogP contribution >= 0.6 is 11.8 Å². The van der Waals surface area contributed by atoms with Crippen molar-refractivity contribution in [3.05, 3.63) is 11.6 Å². The van der Waals surface area contributed by atoms with Crippen molar-refractivity contribution in [3.8, 4) is 0 Å². The summed E-state index contributed by atoms with van der Waals surface area (Å²) in [5.74, 6) is -8.36. The van der Waals surface area contributed by atoms with E-state index in [9.17, 15) is 48.3 Å². The van der Waals surface area contributed by atoms with Crippen LogP contribution in [0.4, 0.5) is 0 Å². The van der Waals surface area contributed by atoms with Crippen LogP contribution in [0.2, 0.25) is 0 Å². The lowest BCUT2D eigenvalue weighted by Crippen LogP contribution is -2.65. The first-order valence-corrected chi connectivity index (χ1v) is 24.8. The van der Waals surface area contributed by atoms with E-state index in [4.69, 9.17) is 5.73 Å². The van der Waals surface area contributed by atoms with Gasteiger partial charge in [0.1, 0.15) is 23.7 Å². The van der Waals surface area contributed by atoms with Gasteiger partial charge in [0.25, 0.3) is 0 Å². The molecule has 6 unspecified atom stereocenters. The largest absolute Gasteiger partial charge is 0.394 e. The van der Waals surface area contributed by atoms with Gasteiger partial charge in [-0.2, -0.15) is 0 Å². The predicted octanol–water partition coefficient (Wildman–Crippen LogP) is 2.80. The zero-order valence-electron chi connectivity index (χ0n) is 39.2. The van der Waals surface area contributed by atoms with Crippen molar-refractivity contribution in [1.29, 1.82) is 0 Å². The molecule has 0 aromatic heterocycles. The van der Waals surface area contributed by atoms with Crippen molar-refractivity contribution < 1.29 is 48.3 Å². The molecule has 18 nitrogen and oxygen atoms in total. The molecule has 0 radical (unpaired) electrons. The number of primary amides is 1. The third-order valence-corrected chi connectivity index (χ3v) is 12.7. The second-order valence-corrected chi connectivity index (χ2v) is 18.9. The normalized spacial score (nSPS) is 23.5. The van der Waals surface area contributed by atoms with Gasteiger partial charge in [0, 0.05) is 37.1 Å². The van der Waals surface area contributed by atoms with Gasteiger partial charge in [-0.1, -0.05) is 111 Å². The van der Waals surface area contributed by atoms with E-state index in [-0.39, 0.29) is 43.3 Å². The van der Waals surface area contributed by atoms with Gasteiger partial charge in [0.2, 0.25) is 47.3 Å². The first kappa shape index (κ1) is 56.6. The summed E-state index contributed by atoms with van der Waals surface area (Å²) < 4.78 is 0. The molecule has 0 aromatic carbocycles. The lowest BCUT2D eigenvalue weighted by molar-refractivity contribution is -0.138. The number of Topliss-reactive ketones (excluding diaryl/α,β-unsaturated/α-hetero) is 1. The first-order chi connectivity index (χ1) is 31.0. The number of aliphatic hydroxyl groups excluding tert-OH is 1. The zero-order valence-corrected chi connectivity index (χ0v) is 40.0. The summed E-state index contributed by atoms with van der Waals surface area (Å²) in [6.07, 6.45) is 17.7. The van der Waals surface area contributed by atoms with E-state index in [2.05, 4.69) is 44.1 Å². The Balaban J connectivity index is 2.25. The maximum Gasteiger partial charge on any atom is 0.248 e. The number of nitrogens with one attached hydrogen (secondary N) is 7. The summed E-state index contributed by atoms with van der Waals surface area (Å²) in [6.45, 7) is 6.03. The summed E-state index contributed by atoms with van der Waals surface area (Å²) in [6, 6.07) is -5.08. The zero-order chi connectivity index (χ0) is 48.2. The SMILES string of the molecule is CCCCCCCCCCCCCCCCCC(=O)NC(C)C(=O)CC1CC2(CS/C=C\NC(=O)C(CO)NC(=O)C(CCC(N)=O)NC2=O)NC(=O)CNC(=O)C(CC(C)C)NC1=O. The Bertz CT molecular complexity index is 1610. The second kappa shape index (κ2) is 31.4. The molecule has 0 bridgehead atoms. The van der Waals surface area contributed by atoms with E-state index in [0.717, 1.165) is 31.0 Å². The van der Waals surface area contributed by atoms with E-state index in [0.29, 0.717) is 6.42 Å².